The number of rotatable bonds is 4. The number of hydrogen-bond acceptors (Lipinski definition) is 5. The van der Waals surface area contributed by atoms with E-state index in [9.17, 15) is 10.2 Å². The van der Waals surface area contributed by atoms with E-state index in [1.165, 1.54) is 0 Å². The molecule has 0 bridgehead atoms. The fraction of sp³-hybridized carbons (Fsp3) is 0.120. The van der Waals surface area contributed by atoms with Crippen LogP contribution in [0.15, 0.2) is 67.0 Å². The zero-order valence-electron chi connectivity index (χ0n) is 18.6. The van der Waals surface area contributed by atoms with Crippen LogP contribution in [0.1, 0.15) is 11.1 Å². The number of benzene rings is 2. The third-order valence-corrected chi connectivity index (χ3v) is 5.32. The van der Waals surface area contributed by atoms with Crippen molar-refractivity contribution in [3.63, 3.8) is 0 Å². The molecule has 0 aliphatic heterocycles. The van der Waals surface area contributed by atoms with Gasteiger partial charge in [-0.05, 0) is 55.3 Å². The van der Waals surface area contributed by atoms with Crippen LogP contribution in [0.4, 0.5) is 0 Å². The normalized spacial score (nSPS) is 9.50. The summed E-state index contributed by atoms with van der Waals surface area (Å²) < 4.78 is 5.23. The van der Waals surface area contributed by atoms with E-state index in [1.807, 2.05) is 50.2 Å². The van der Waals surface area contributed by atoms with E-state index in [-0.39, 0.29) is 65.8 Å². The molecule has 4 rings (SSSR count). The van der Waals surface area contributed by atoms with Gasteiger partial charge in [0.05, 0.1) is 18.5 Å². The third-order valence-electron chi connectivity index (χ3n) is 5.32. The first kappa shape index (κ1) is 31.5. The predicted octanol–water partition coefficient (Wildman–Crippen LogP) is -3.48. The molecule has 0 unspecified atom stereocenters. The molecule has 2 heterocycles. The van der Waals surface area contributed by atoms with E-state index >= 15 is 0 Å². The third kappa shape index (κ3) is 6.35. The Balaban J connectivity index is 0.00000272. The van der Waals surface area contributed by atoms with Gasteiger partial charge < -0.3 is 52.2 Å². The van der Waals surface area contributed by atoms with Crippen LogP contribution in [0.2, 0.25) is 0 Å². The van der Waals surface area contributed by atoms with Crippen molar-refractivity contribution in [2.75, 3.05) is 7.11 Å². The molecule has 4 aromatic rings. The summed E-state index contributed by atoms with van der Waals surface area (Å²) in [5.41, 5.74) is 6.40. The molecule has 0 spiro atoms. The van der Waals surface area contributed by atoms with E-state index in [2.05, 4.69) is 9.97 Å². The zero-order valence-corrected chi connectivity index (χ0v) is 22.0. The largest absolute Gasteiger partial charge is 3.00 e. The zero-order chi connectivity index (χ0) is 21.3. The summed E-state index contributed by atoms with van der Waals surface area (Å²) in [4.78, 5) is 9.03. The molecule has 34 heavy (non-hydrogen) atoms. The minimum atomic E-state index is 0. The molecule has 5 nitrogen and oxygen atoms in total. The van der Waals surface area contributed by atoms with Crippen molar-refractivity contribution >= 4 is 0 Å². The molecule has 0 aliphatic carbocycles. The van der Waals surface area contributed by atoms with E-state index in [1.54, 1.807) is 37.7 Å². The molecule has 0 saturated heterocycles. The summed E-state index contributed by atoms with van der Waals surface area (Å²) in [7, 11) is 1.59. The molecule has 2 N–H and O–H groups in total. The van der Waals surface area contributed by atoms with Crippen molar-refractivity contribution in [3.05, 3.63) is 78.1 Å². The van der Waals surface area contributed by atoms with Crippen molar-refractivity contribution in [2.45, 2.75) is 13.8 Å². The van der Waals surface area contributed by atoms with Crippen molar-refractivity contribution in [3.8, 4) is 50.9 Å². The topological polar surface area (TPSA) is 75.5 Å². The van der Waals surface area contributed by atoms with Crippen LogP contribution >= 0.6 is 0 Å². The summed E-state index contributed by atoms with van der Waals surface area (Å²) in [5.74, 6) is 1.12. The van der Waals surface area contributed by atoms with E-state index in [0.717, 1.165) is 39.2 Å². The molecular formula is C25H22Cl3MnN2O3. The predicted molar refractivity (Wildman–Crippen MR) is 118 cm³/mol. The van der Waals surface area contributed by atoms with Gasteiger partial charge >= 0.3 is 17.1 Å². The maximum Gasteiger partial charge on any atom is 3.00 e. The van der Waals surface area contributed by atoms with Gasteiger partial charge in [-0.25, -0.2) is 0 Å². The first-order chi connectivity index (χ1) is 14.5. The Labute approximate surface area is 228 Å². The molecule has 0 radical (unpaired) electrons. The number of phenolic OH excluding ortho intramolecular Hbond substituents is 2. The summed E-state index contributed by atoms with van der Waals surface area (Å²) in [6.45, 7) is 3.88. The SMILES string of the molecule is COc1ccc(O)c(-c2ccc(-c3ccc(-c4ccc(C)c(C)c4O)cn3)nc2)c1.[Cl-].[Cl-].[Cl-].[Mn+3]. The molecule has 0 amide bonds. The van der Waals surface area contributed by atoms with Crippen molar-refractivity contribution < 1.29 is 69.2 Å². The van der Waals surface area contributed by atoms with Crippen molar-refractivity contribution in [1.29, 1.82) is 0 Å². The second-order valence-electron chi connectivity index (χ2n) is 7.15. The first-order valence-electron chi connectivity index (χ1n) is 9.57. The molecule has 0 saturated carbocycles. The Kier molecular flexibility index (Phi) is 12.5. The number of aromatic hydroxyl groups is 2. The van der Waals surface area contributed by atoms with Crippen LogP contribution in [0.5, 0.6) is 17.2 Å². The van der Waals surface area contributed by atoms with Crippen LogP contribution in [0, 0.1) is 13.8 Å². The number of aromatic nitrogens is 2. The second-order valence-corrected chi connectivity index (χ2v) is 7.15. The summed E-state index contributed by atoms with van der Waals surface area (Å²) in [5, 5.41) is 20.6. The minimum absolute atomic E-state index is 0. The molecule has 2 aromatic carbocycles. The fourth-order valence-electron chi connectivity index (χ4n) is 3.32. The molecular weight excluding hydrogens is 538 g/mol. The van der Waals surface area contributed by atoms with Gasteiger partial charge in [-0.3, -0.25) is 9.97 Å². The number of phenols is 2. The molecule has 2 aromatic heterocycles. The van der Waals surface area contributed by atoms with Gasteiger partial charge in [0.15, 0.2) is 0 Å². The van der Waals surface area contributed by atoms with Crippen LogP contribution < -0.4 is 42.0 Å². The molecule has 0 atom stereocenters. The number of halogens is 3. The van der Waals surface area contributed by atoms with E-state index < -0.39 is 0 Å². The Morgan fingerprint density at radius 2 is 1.26 bits per heavy atom. The number of pyridine rings is 2. The monoisotopic (exact) mass is 558 g/mol. The van der Waals surface area contributed by atoms with Gasteiger partial charge in [0, 0.05) is 34.6 Å². The maximum atomic E-state index is 10.4. The van der Waals surface area contributed by atoms with Gasteiger partial charge in [0.2, 0.25) is 0 Å². The number of aryl methyl sites for hydroxylation is 1. The number of nitrogens with zero attached hydrogens (tertiary/aromatic N) is 2. The minimum Gasteiger partial charge on any atom is -1.00 e. The van der Waals surface area contributed by atoms with Gasteiger partial charge in [0.25, 0.3) is 0 Å². The Hall–Kier alpha value is -2.47. The summed E-state index contributed by atoms with van der Waals surface area (Å²) in [6, 6.07) is 16.5. The van der Waals surface area contributed by atoms with Gasteiger partial charge in [0.1, 0.15) is 17.2 Å². The Morgan fingerprint density at radius 1 is 0.706 bits per heavy atom. The molecule has 178 valence electrons. The van der Waals surface area contributed by atoms with E-state index in [0.29, 0.717) is 11.3 Å². The molecule has 0 aliphatic rings. The van der Waals surface area contributed by atoms with Gasteiger partial charge in [-0.15, -0.1) is 0 Å². The van der Waals surface area contributed by atoms with Gasteiger partial charge in [-0.1, -0.05) is 24.3 Å². The van der Waals surface area contributed by atoms with Crippen LogP contribution in [0.3, 0.4) is 0 Å². The first-order valence-corrected chi connectivity index (χ1v) is 9.57. The van der Waals surface area contributed by atoms with Gasteiger partial charge in [-0.2, -0.15) is 0 Å². The number of ether oxygens (including phenoxy) is 1. The fourth-order valence-corrected chi connectivity index (χ4v) is 3.32. The van der Waals surface area contributed by atoms with Crippen LogP contribution in [-0.2, 0) is 17.1 Å². The summed E-state index contributed by atoms with van der Waals surface area (Å²) in [6.07, 6.45) is 3.44. The number of hydrogen-bond donors (Lipinski definition) is 2. The average Bonchev–Trinajstić information content (AvgIpc) is 2.78. The van der Waals surface area contributed by atoms with Crippen LogP contribution in [-0.4, -0.2) is 27.3 Å². The van der Waals surface area contributed by atoms with Crippen molar-refractivity contribution in [1.82, 2.24) is 9.97 Å². The van der Waals surface area contributed by atoms with E-state index in [4.69, 9.17) is 4.74 Å². The summed E-state index contributed by atoms with van der Waals surface area (Å²) >= 11 is 0. The maximum absolute atomic E-state index is 10.4. The number of methoxy groups -OCH3 is 1. The smallest absolute Gasteiger partial charge is 1.00 e. The quantitative estimate of drug-likeness (QED) is 0.254. The second kappa shape index (κ2) is 13.4. The molecule has 9 heteroatoms. The van der Waals surface area contributed by atoms with Crippen LogP contribution in [0.25, 0.3) is 33.6 Å². The molecule has 0 fully saturated rings. The van der Waals surface area contributed by atoms with Crippen molar-refractivity contribution in [2.24, 2.45) is 0 Å². The standard InChI is InChI=1S/C25H22N2O3.3ClH.Mn/c1-15-4-8-20(25(29)16(15)2)17-5-9-22(26-13-17)23-10-6-18(14-27-23)21-12-19(30-3)7-11-24(21)28;;;;/h4-14,28-29H,1-3H3;3*1H;/q;;;;+3/p-3. The Morgan fingerprint density at radius 3 is 1.76 bits per heavy atom. The average molecular weight is 560 g/mol. The Bertz CT molecular complexity index is 1220.